The first-order valence-electron chi connectivity index (χ1n) is 12.5. The van der Waals surface area contributed by atoms with Crippen molar-refractivity contribution in [3.05, 3.63) is 65.2 Å². The number of hydrogen-bond donors (Lipinski definition) is 1. The molecule has 0 saturated carbocycles. The van der Waals surface area contributed by atoms with Crippen molar-refractivity contribution in [3.63, 3.8) is 0 Å². The number of methoxy groups -OCH3 is 1. The van der Waals surface area contributed by atoms with Crippen LogP contribution in [-0.4, -0.2) is 63.3 Å². The summed E-state index contributed by atoms with van der Waals surface area (Å²) in [6, 6.07) is 18.2. The Bertz CT molecular complexity index is 1300. The number of hydrazine groups is 1. The predicted octanol–water partition coefficient (Wildman–Crippen LogP) is 4.87. The van der Waals surface area contributed by atoms with Crippen LogP contribution in [0.2, 0.25) is 5.02 Å². The average molecular weight is 522 g/mol. The van der Waals surface area contributed by atoms with Gasteiger partial charge in [0.1, 0.15) is 19.0 Å². The minimum Gasteiger partial charge on any atom is -0.496 e. The molecule has 1 unspecified atom stereocenters. The van der Waals surface area contributed by atoms with Gasteiger partial charge >= 0.3 is 0 Å². The zero-order valence-corrected chi connectivity index (χ0v) is 22.2. The van der Waals surface area contributed by atoms with E-state index in [0.29, 0.717) is 18.2 Å². The third-order valence-electron chi connectivity index (χ3n) is 6.82. The highest BCUT2D eigenvalue weighted by Crippen LogP contribution is 2.41. The van der Waals surface area contributed by atoms with Crippen molar-refractivity contribution in [2.24, 2.45) is 5.92 Å². The van der Waals surface area contributed by atoms with E-state index in [0.717, 1.165) is 71.1 Å². The molecule has 1 atom stereocenters. The van der Waals surface area contributed by atoms with E-state index in [1.807, 2.05) is 56.6 Å². The molecular formula is C29H32ClN3O4. The number of amides is 1. The Morgan fingerprint density at radius 2 is 1.76 bits per heavy atom. The number of halogens is 1. The van der Waals surface area contributed by atoms with Gasteiger partial charge in [-0.2, -0.15) is 0 Å². The molecule has 1 N–H and O–H groups in total. The summed E-state index contributed by atoms with van der Waals surface area (Å²) in [5, 5.41) is 2.36. The van der Waals surface area contributed by atoms with Gasteiger partial charge in [0.05, 0.1) is 18.1 Å². The summed E-state index contributed by atoms with van der Waals surface area (Å²) < 4.78 is 17.2. The molecular weight excluding hydrogens is 490 g/mol. The third-order valence-corrected chi connectivity index (χ3v) is 7.23. The van der Waals surface area contributed by atoms with E-state index >= 15 is 0 Å². The van der Waals surface area contributed by atoms with Crippen LogP contribution in [0.3, 0.4) is 0 Å². The molecule has 0 bridgehead atoms. The van der Waals surface area contributed by atoms with E-state index in [1.54, 1.807) is 12.1 Å². The lowest BCUT2D eigenvalue weighted by molar-refractivity contribution is -0.128. The van der Waals surface area contributed by atoms with Gasteiger partial charge in [0.15, 0.2) is 11.5 Å². The summed E-state index contributed by atoms with van der Waals surface area (Å²) in [5.74, 6) is 2.36. The lowest BCUT2D eigenvalue weighted by Crippen LogP contribution is -2.41. The van der Waals surface area contributed by atoms with Crippen molar-refractivity contribution in [2.45, 2.75) is 13.0 Å². The first kappa shape index (κ1) is 25.4. The molecule has 8 heteroatoms. The van der Waals surface area contributed by atoms with E-state index in [2.05, 4.69) is 22.5 Å². The van der Waals surface area contributed by atoms with Gasteiger partial charge in [-0.15, -0.1) is 0 Å². The zero-order chi connectivity index (χ0) is 25.9. The Hall–Kier alpha value is -3.26. The maximum absolute atomic E-state index is 12.4. The Kier molecular flexibility index (Phi) is 7.55. The predicted molar refractivity (Wildman–Crippen MR) is 145 cm³/mol. The summed E-state index contributed by atoms with van der Waals surface area (Å²) >= 11 is 6.95. The molecule has 2 aliphatic heterocycles. The largest absolute Gasteiger partial charge is 0.496 e. The third kappa shape index (κ3) is 5.54. The van der Waals surface area contributed by atoms with Crippen LogP contribution < -0.4 is 19.6 Å². The van der Waals surface area contributed by atoms with E-state index in [4.69, 9.17) is 25.8 Å². The monoisotopic (exact) mass is 521 g/mol. The molecule has 0 radical (unpaired) electrons. The molecule has 3 aromatic carbocycles. The summed E-state index contributed by atoms with van der Waals surface area (Å²) in [5.41, 5.74) is 7.77. The number of carbonyl (C=O) groups is 1. The molecule has 0 aromatic heterocycles. The molecule has 1 fully saturated rings. The number of nitrogens with one attached hydrogen (secondary N) is 1. The maximum atomic E-state index is 12.4. The molecule has 194 valence electrons. The van der Waals surface area contributed by atoms with Crippen LogP contribution in [0.4, 0.5) is 0 Å². The first-order chi connectivity index (χ1) is 17.9. The number of fused-ring (bicyclic) bond motifs is 1. The van der Waals surface area contributed by atoms with E-state index < -0.39 is 0 Å². The molecule has 5 rings (SSSR count). The molecule has 0 aliphatic carbocycles. The summed E-state index contributed by atoms with van der Waals surface area (Å²) in [7, 11) is 5.34. The number of nitrogens with zero attached hydrogens (tertiary/aromatic N) is 2. The highest BCUT2D eigenvalue weighted by molar-refractivity contribution is 6.36. The van der Waals surface area contributed by atoms with Crippen molar-refractivity contribution in [1.29, 1.82) is 0 Å². The minimum absolute atomic E-state index is 0.00484. The fourth-order valence-corrected chi connectivity index (χ4v) is 5.32. The normalized spacial score (nSPS) is 17.2. The highest BCUT2D eigenvalue weighted by Gasteiger charge is 2.29. The fraction of sp³-hybridized carbons (Fsp3) is 0.345. The van der Waals surface area contributed by atoms with Crippen molar-refractivity contribution < 1.29 is 19.0 Å². The first-order valence-corrected chi connectivity index (χ1v) is 12.9. The van der Waals surface area contributed by atoms with Gasteiger partial charge in [-0.25, -0.2) is 5.01 Å². The van der Waals surface area contributed by atoms with Crippen molar-refractivity contribution in [2.75, 3.05) is 47.5 Å². The topological polar surface area (TPSA) is 63.3 Å². The van der Waals surface area contributed by atoms with Crippen LogP contribution in [0.15, 0.2) is 54.6 Å². The molecule has 1 amide bonds. The number of rotatable bonds is 7. The quantitative estimate of drug-likeness (QED) is 0.448. The number of hydrogen-bond acceptors (Lipinski definition) is 6. The Morgan fingerprint density at radius 1 is 1.05 bits per heavy atom. The highest BCUT2D eigenvalue weighted by atomic mass is 35.5. The van der Waals surface area contributed by atoms with Gasteiger partial charge in [0, 0.05) is 43.9 Å². The standard InChI is InChI=1S/C29H32ClN3O4/c1-32(2)31-29(34)22-11-12-33(18-22)17-21-8-7-19(15-26(21)35-3)23-5-4-6-24(28(23)30)20-9-10-25-27(16-20)37-14-13-36-25/h4-10,15-16,22H,11-14,17-18H2,1-3H3,(H,31,34). The fourth-order valence-electron chi connectivity index (χ4n) is 4.97. The van der Waals surface area contributed by atoms with E-state index in [1.165, 1.54) is 0 Å². The van der Waals surface area contributed by atoms with Gasteiger partial charge in [-0.3, -0.25) is 15.1 Å². The number of carbonyl (C=O) groups excluding carboxylic acids is 1. The summed E-state index contributed by atoms with van der Waals surface area (Å²) in [4.78, 5) is 14.7. The second-order valence-corrected chi connectivity index (χ2v) is 10.0. The zero-order valence-electron chi connectivity index (χ0n) is 21.4. The lowest BCUT2D eigenvalue weighted by Gasteiger charge is -2.20. The SMILES string of the molecule is COc1cc(-c2cccc(-c3ccc4c(c3)OCCO4)c2Cl)ccc1CN1CCC(C(=O)NN(C)C)C1. The van der Waals surface area contributed by atoms with E-state index in [-0.39, 0.29) is 11.8 Å². The van der Waals surface area contributed by atoms with Crippen LogP contribution in [0.5, 0.6) is 17.2 Å². The molecule has 2 heterocycles. The Labute approximate surface area is 222 Å². The van der Waals surface area contributed by atoms with Gasteiger partial charge in [-0.05, 0) is 42.3 Å². The molecule has 2 aliphatic rings. The van der Waals surface area contributed by atoms with Crippen molar-refractivity contribution in [3.8, 4) is 39.5 Å². The molecule has 1 saturated heterocycles. The van der Waals surface area contributed by atoms with Gasteiger partial charge in [-0.1, -0.05) is 48.0 Å². The van der Waals surface area contributed by atoms with Crippen molar-refractivity contribution >= 4 is 17.5 Å². The number of likely N-dealkylation sites (tertiary alicyclic amines) is 1. The van der Waals surface area contributed by atoms with Crippen LogP contribution >= 0.6 is 11.6 Å². The second-order valence-electron chi connectivity index (χ2n) is 9.64. The van der Waals surface area contributed by atoms with Crippen LogP contribution in [0.1, 0.15) is 12.0 Å². The van der Waals surface area contributed by atoms with Crippen LogP contribution in [-0.2, 0) is 11.3 Å². The Balaban J connectivity index is 1.36. The second kappa shape index (κ2) is 11.0. The van der Waals surface area contributed by atoms with Gasteiger partial charge < -0.3 is 14.2 Å². The summed E-state index contributed by atoms with van der Waals surface area (Å²) in [6.07, 6.45) is 0.850. The molecule has 37 heavy (non-hydrogen) atoms. The lowest BCUT2D eigenvalue weighted by atomic mass is 9.97. The Morgan fingerprint density at radius 3 is 2.49 bits per heavy atom. The molecule has 3 aromatic rings. The number of ether oxygens (including phenoxy) is 3. The van der Waals surface area contributed by atoms with Gasteiger partial charge in [0.2, 0.25) is 5.91 Å². The maximum Gasteiger partial charge on any atom is 0.238 e. The number of benzene rings is 3. The van der Waals surface area contributed by atoms with E-state index in [9.17, 15) is 4.79 Å². The van der Waals surface area contributed by atoms with Gasteiger partial charge in [0.25, 0.3) is 0 Å². The van der Waals surface area contributed by atoms with Crippen LogP contribution in [0.25, 0.3) is 22.3 Å². The smallest absolute Gasteiger partial charge is 0.238 e. The molecule has 0 spiro atoms. The minimum atomic E-state index is -0.00484. The summed E-state index contributed by atoms with van der Waals surface area (Å²) in [6.45, 7) is 3.43. The average Bonchev–Trinajstić information content (AvgIpc) is 3.37. The van der Waals surface area contributed by atoms with Crippen LogP contribution in [0, 0.1) is 5.92 Å². The molecule has 7 nitrogen and oxygen atoms in total. The van der Waals surface area contributed by atoms with Crippen molar-refractivity contribution in [1.82, 2.24) is 15.3 Å².